The van der Waals surface area contributed by atoms with Crippen molar-refractivity contribution in [2.45, 2.75) is 64.6 Å². The standard InChI is InChI=1S/C21H28O5S/c1-19(2)15-10-11-21(19,17(22)12-15)13-27(24,25)26-18-9-8-14-6-4-5-7-16(14)20(18,3)23/h4-7,15,18,23H,8-13H2,1-3H3. The Labute approximate surface area is 161 Å². The molecule has 4 rings (SSSR count). The van der Waals surface area contributed by atoms with Crippen LogP contribution in [-0.4, -0.2) is 31.2 Å². The molecule has 0 heterocycles. The summed E-state index contributed by atoms with van der Waals surface area (Å²) in [6.07, 6.45) is 2.21. The molecule has 5 nitrogen and oxygen atoms in total. The van der Waals surface area contributed by atoms with Gasteiger partial charge in [-0.3, -0.25) is 8.98 Å². The number of aliphatic hydroxyl groups is 1. The average Bonchev–Trinajstić information content (AvgIpc) is 2.91. The van der Waals surface area contributed by atoms with Crippen molar-refractivity contribution in [3.63, 3.8) is 0 Å². The number of benzene rings is 1. The molecule has 148 valence electrons. The smallest absolute Gasteiger partial charge is 0.268 e. The van der Waals surface area contributed by atoms with Crippen LogP contribution >= 0.6 is 0 Å². The predicted molar refractivity (Wildman–Crippen MR) is 102 cm³/mol. The summed E-state index contributed by atoms with van der Waals surface area (Å²) in [5.41, 5.74) is -0.832. The lowest BCUT2D eigenvalue weighted by Gasteiger charge is -2.40. The Morgan fingerprint density at radius 1 is 1.19 bits per heavy atom. The van der Waals surface area contributed by atoms with Crippen LogP contribution in [0.5, 0.6) is 0 Å². The lowest BCUT2D eigenvalue weighted by molar-refractivity contribution is -0.128. The highest BCUT2D eigenvalue weighted by atomic mass is 32.2. The number of hydrogen-bond acceptors (Lipinski definition) is 5. The van der Waals surface area contributed by atoms with Crippen LogP contribution < -0.4 is 0 Å². The van der Waals surface area contributed by atoms with E-state index in [1.54, 1.807) is 6.92 Å². The zero-order valence-electron chi connectivity index (χ0n) is 16.2. The van der Waals surface area contributed by atoms with E-state index >= 15 is 0 Å². The molecule has 0 amide bonds. The summed E-state index contributed by atoms with van der Waals surface area (Å²) in [5, 5.41) is 11.0. The molecule has 2 saturated carbocycles. The van der Waals surface area contributed by atoms with E-state index in [0.29, 0.717) is 31.2 Å². The quantitative estimate of drug-likeness (QED) is 0.797. The number of hydrogen-bond donors (Lipinski definition) is 1. The van der Waals surface area contributed by atoms with Crippen molar-refractivity contribution in [2.24, 2.45) is 16.7 Å². The minimum absolute atomic E-state index is 0.0525. The molecule has 4 unspecified atom stereocenters. The third-order valence-electron chi connectivity index (χ3n) is 7.69. The number of carbonyl (C=O) groups is 1. The van der Waals surface area contributed by atoms with Crippen LogP contribution in [0.15, 0.2) is 24.3 Å². The molecule has 4 atom stereocenters. The summed E-state index contributed by atoms with van der Waals surface area (Å²) in [6.45, 7) is 5.63. The van der Waals surface area contributed by atoms with E-state index in [1.807, 2.05) is 38.1 Å². The summed E-state index contributed by atoms with van der Waals surface area (Å²) >= 11 is 0. The summed E-state index contributed by atoms with van der Waals surface area (Å²) in [5.74, 6) is 0.0258. The second-order valence-corrected chi connectivity index (χ2v) is 10.9. The monoisotopic (exact) mass is 392 g/mol. The normalized spacial score (nSPS) is 37.4. The molecule has 0 aliphatic heterocycles. The molecule has 27 heavy (non-hydrogen) atoms. The van der Waals surface area contributed by atoms with Crippen molar-refractivity contribution >= 4 is 15.9 Å². The lowest BCUT2D eigenvalue weighted by atomic mass is 9.70. The van der Waals surface area contributed by atoms with Crippen molar-refractivity contribution in [1.82, 2.24) is 0 Å². The molecule has 0 aromatic heterocycles. The second kappa shape index (κ2) is 5.88. The number of Topliss-reactive ketones (excluding diaryl/α,β-unsaturated/α-hetero) is 1. The van der Waals surface area contributed by atoms with Crippen molar-refractivity contribution in [3.8, 4) is 0 Å². The van der Waals surface area contributed by atoms with Gasteiger partial charge in [0, 0.05) is 6.42 Å². The third kappa shape index (κ3) is 2.71. The molecule has 0 spiro atoms. The van der Waals surface area contributed by atoms with Crippen LogP contribution in [0.25, 0.3) is 0 Å². The molecule has 1 N–H and O–H groups in total. The molecule has 1 aromatic rings. The second-order valence-electron chi connectivity index (χ2n) is 9.30. The van der Waals surface area contributed by atoms with Gasteiger partial charge in [0.1, 0.15) is 17.5 Å². The molecule has 3 aliphatic carbocycles. The highest BCUT2D eigenvalue weighted by Gasteiger charge is 2.65. The predicted octanol–water partition coefficient (Wildman–Crippen LogP) is 2.95. The fraction of sp³-hybridized carbons (Fsp3) is 0.667. The van der Waals surface area contributed by atoms with Gasteiger partial charge in [-0.1, -0.05) is 38.1 Å². The van der Waals surface area contributed by atoms with Crippen molar-refractivity contribution < 1.29 is 22.5 Å². The molecule has 2 fully saturated rings. The van der Waals surface area contributed by atoms with Gasteiger partial charge in [-0.2, -0.15) is 8.42 Å². The van der Waals surface area contributed by atoms with E-state index in [0.717, 1.165) is 12.0 Å². The van der Waals surface area contributed by atoms with Crippen molar-refractivity contribution in [3.05, 3.63) is 35.4 Å². The number of carbonyl (C=O) groups excluding carboxylic acids is 1. The number of rotatable bonds is 4. The van der Waals surface area contributed by atoms with Crippen LogP contribution in [0, 0.1) is 16.7 Å². The Hall–Kier alpha value is -1.24. The highest BCUT2D eigenvalue weighted by molar-refractivity contribution is 7.86. The van der Waals surface area contributed by atoms with Crippen LogP contribution in [0.2, 0.25) is 0 Å². The van der Waals surface area contributed by atoms with E-state index in [9.17, 15) is 18.3 Å². The Bertz CT molecular complexity index is 886. The Morgan fingerprint density at radius 2 is 1.89 bits per heavy atom. The van der Waals surface area contributed by atoms with E-state index < -0.39 is 27.2 Å². The largest absolute Gasteiger partial charge is 0.383 e. The van der Waals surface area contributed by atoms with Gasteiger partial charge in [0.15, 0.2) is 0 Å². The Morgan fingerprint density at radius 3 is 2.52 bits per heavy atom. The van der Waals surface area contributed by atoms with Gasteiger partial charge in [0.2, 0.25) is 0 Å². The number of fused-ring (bicyclic) bond motifs is 3. The zero-order valence-corrected chi connectivity index (χ0v) is 17.0. The van der Waals surface area contributed by atoms with Gasteiger partial charge in [0.25, 0.3) is 10.1 Å². The highest BCUT2D eigenvalue weighted by Crippen LogP contribution is 2.64. The fourth-order valence-electron chi connectivity index (χ4n) is 5.74. The molecule has 0 radical (unpaired) electrons. The number of ketones is 1. The summed E-state index contributed by atoms with van der Waals surface area (Å²) in [4.78, 5) is 12.7. The Kier molecular flexibility index (Phi) is 4.16. The summed E-state index contributed by atoms with van der Waals surface area (Å²) in [7, 11) is -3.97. The Balaban J connectivity index is 1.59. The first-order valence-electron chi connectivity index (χ1n) is 9.75. The first kappa shape index (κ1) is 19.1. The van der Waals surface area contributed by atoms with Crippen LogP contribution in [0.4, 0.5) is 0 Å². The zero-order chi connectivity index (χ0) is 19.7. The maximum absolute atomic E-state index is 13.0. The fourth-order valence-corrected chi connectivity index (χ4v) is 7.72. The van der Waals surface area contributed by atoms with E-state index in [1.165, 1.54) is 0 Å². The molecule has 3 aliphatic rings. The number of aryl methyl sites for hydroxylation is 1. The molecule has 2 bridgehead atoms. The van der Waals surface area contributed by atoms with Gasteiger partial charge in [-0.15, -0.1) is 0 Å². The van der Waals surface area contributed by atoms with Crippen LogP contribution in [-0.2, 0) is 31.1 Å². The minimum Gasteiger partial charge on any atom is -0.383 e. The molecule has 6 heteroatoms. The van der Waals surface area contributed by atoms with Gasteiger partial charge in [-0.25, -0.2) is 0 Å². The molecule has 0 saturated heterocycles. The van der Waals surface area contributed by atoms with Gasteiger partial charge in [0.05, 0.1) is 11.2 Å². The van der Waals surface area contributed by atoms with E-state index in [4.69, 9.17) is 4.18 Å². The molecular formula is C21H28O5S. The van der Waals surface area contributed by atoms with E-state index in [2.05, 4.69) is 0 Å². The maximum Gasteiger partial charge on any atom is 0.268 e. The van der Waals surface area contributed by atoms with Crippen LogP contribution in [0.1, 0.15) is 57.6 Å². The SMILES string of the molecule is CC1(O)c2ccccc2CCC1OS(=O)(=O)CC12CCC(CC1=O)C2(C)C. The third-order valence-corrected chi connectivity index (χ3v) is 9.06. The topological polar surface area (TPSA) is 80.7 Å². The summed E-state index contributed by atoms with van der Waals surface area (Å²) in [6, 6.07) is 7.52. The first-order valence-corrected chi connectivity index (χ1v) is 11.3. The van der Waals surface area contributed by atoms with Gasteiger partial charge < -0.3 is 5.11 Å². The first-order chi connectivity index (χ1) is 12.5. The van der Waals surface area contributed by atoms with Crippen LogP contribution in [0.3, 0.4) is 0 Å². The lowest BCUT2D eigenvalue weighted by Crippen LogP contribution is -2.47. The maximum atomic E-state index is 13.0. The average molecular weight is 393 g/mol. The molecular weight excluding hydrogens is 364 g/mol. The van der Waals surface area contributed by atoms with Gasteiger partial charge >= 0.3 is 0 Å². The minimum atomic E-state index is -3.97. The van der Waals surface area contributed by atoms with E-state index in [-0.39, 0.29) is 22.9 Å². The van der Waals surface area contributed by atoms with Crippen molar-refractivity contribution in [2.75, 3.05) is 5.75 Å². The summed E-state index contributed by atoms with van der Waals surface area (Å²) < 4.78 is 31.5. The van der Waals surface area contributed by atoms with Crippen molar-refractivity contribution in [1.29, 1.82) is 0 Å². The molecule has 1 aromatic carbocycles. The van der Waals surface area contributed by atoms with Gasteiger partial charge in [-0.05, 0) is 55.1 Å².